The van der Waals surface area contributed by atoms with Crippen LogP contribution < -0.4 is 16.0 Å². The Labute approximate surface area is 180 Å². The molecular formula is C23H25N5O3. The SMILES string of the molecule is O=C(Cc1ccc(-n2cccn2)cc1)Nc1ccc(NC(=O)NCC2CCCO2)cc1. The molecule has 3 N–H and O–H groups in total. The van der Waals surface area contributed by atoms with Crippen molar-refractivity contribution in [3.63, 3.8) is 0 Å². The minimum atomic E-state index is -0.272. The van der Waals surface area contributed by atoms with Crippen LogP contribution in [0.5, 0.6) is 0 Å². The lowest BCUT2D eigenvalue weighted by Gasteiger charge is -2.12. The summed E-state index contributed by atoms with van der Waals surface area (Å²) in [6.45, 7) is 1.26. The molecule has 2 aromatic carbocycles. The van der Waals surface area contributed by atoms with Crippen LogP contribution in [0.2, 0.25) is 0 Å². The molecular weight excluding hydrogens is 394 g/mol. The maximum absolute atomic E-state index is 12.3. The average molecular weight is 419 g/mol. The van der Waals surface area contributed by atoms with E-state index in [2.05, 4.69) is 21.0 Å². The summed E-state index contributed by atoms with van der Waals surface area (Å²) in [5.74, 6) is -0.109. The first kappa shape index (κ1) is 20.6. The molecule has 1 aliphatic rings. The molecule has 1 aromatic heterocycles. The van der Waals surface area contributed by atoms with Crippen molar-refractivity contribution in [3.8, 4) is 5.69 Å². The first-order valence-corrected chi connectivity index (χ1v) is 10.3. The van der Waals surface area contributed by atoms with Gasteiger partial charge in [0, 0.05) is 36.9 Å². The minimum Gasteiger partial charge on any atom is -0.376 e. The topological polar surface area (TPSA) is 97.3 Å². The second kappa shape index (κ2) is 9.90. The molecule has 1 aliphatic heterocycles. The number of urea groups is 1. The number of carbonyl (C=O) groups excluding carboxylic acids is 2. The van der Waals surface area contributed by atoms with Crippen molar-refractivity contribution < 1.29 is 14.3 Å². The van der Waals surface area contributed by atoms with Gasteiger partial charge in [-0.15, -0.1) is 0 Å². The molecule has 3 aromatic rings. The van der Waals surface area contributed by atoms with Crippen molar-refractivity contribution in [2.75, 3.05) is 23.8 Å². The van der Waals surface area contributed by atoms with E-state index in [1.807, 2.05) is 36.5 Å². The molecule has 0 spiro atoms. The lowest BCUT2D eigenvalue weighted by Crippen LogP contribution is -2.35. The smallest absolute Gasteiger partial charge is 0.319 e. The Balaban J connectivity index is 1.23. The van der Waals surface area contributed by atoms with E-state index in [0.29, 0.717) is 17.9 Å². The second-order valence-corrected chi connectivity index (χ2v) is 7.39. The number of hydrogen-bond donors (Lipinski definition) is 3. The Hall–Kier alpha value is -3.65. The zero-order valence-electron chi connectivity index (χ0n) is 17.1. The van der Waals surface area contributed by atoms with E-state index in [1.165, 1.54) is 0 Å². The zero-order valence-corrected chi connectivity index (χ0v) is 17.1. The molecule has 2 heterocycles. The van der Waals surface area contributed by atoms with E-state index < -0.39 is 0 Å². The molecule has 0 bridgehead atoms. The molecule has 1 fully saturated rings. The van der Waals surface area contributed by atoms with Gasteiger partial charge in [0.2, 0.25) is 5.91 Å². The largest absolute Gasteiger partial charge is 0.376 e. The molecule has 8 nitrogen and oxygen atoms in total. The van der Waals surface area contributed by atoms with E-state index in [0.717, 1.165) is 30.7 Å². The van der Waals surface area contributed by atoms with Gasteiger partial charge < -0.3 is 20.7 Å². The summed E-state index contributed by atoms with van der Waals surface area (Å²) in [4.78, 5) is 24.3. The maximum Gasteiger partial charge on any atom is 0.319 e. The predicted molar refractivity (Wildman–Crippen MR) is 118 cm³/mol. The lowest BCUT2D eigenvalue weighted by atomic mass is 10.1. The number of aromatic nitrogens is 2. The average Bonchev–Trinajstić information content (AvgIpc) is 3.49. The van der Waals surface area contributed by atoms with E-state index in [-0.39, 0.29) is 24.5 Å². The number of nitrogens with zero attached hydrogens (tertiary/aromatic N) is 2. The molecule has 0 aliphatic carbocycles. The molecule has 3 amide bonds. The fourth-order valence-electron chi connectivity index (χ4n) is 3.40. The molecule has 0 radical (unpaired) electrons. The van der Waals surface area contributed by atoms with Gasteiger partial charge in [0.15, 0.2) is 0 Å². The highest BCUT2D eigenvalue weighted by Crippen LogP contribution is 2.15. The standard InChI is InChI=1S/C23H25N5O3/c29-22(15-17-4-10-20(11-5-17)28-13-2-12-25-28)26-18-6-8-19(9-7-18)27-23(30)24-16-21-3-1-14-31-21/h2,4-13,21H,1,3,14-16H2,(H,26,29)(H2,24,27,30). The third kappa shape index (κ3) is 5.93. The van der Waals surface area contributed by atoms with Crippen LogP contribution in [0.15, 0.2) is 67.0 Å². The fourth-order valence-corrected chi connectivity index (χ4v) is 3.40. The summed E-state index contributed by atoms with van der Waals surface area (Å²) >= 11 is 0. The predicted octanol–water partition coefficient (Wildman–Crippen LogP) is 3.35. The third-order valence-corrected chi connectivity index (χ3v) is 5.01. The van der Waals surface area contributed by atoms with Gasteiger partial charge in [-0.3, -0.25) is 4.79 Å². The van der Waals surface area contributed by atoms with Gasteiger partial charge in [-0.05, 0) is 60.9 Å². The quantitative estimate of drug-likeness (QED) is 0.547. The Morgan fingerprint density at radius 1 is 1.03 bits per heavy atom. The number of hydrogen-bond acceptors (Lipinski definition) is 4. The molecule has 4 rings (SSSR count). The summed E-state index contributed by atoms with van der Waals surface area (Å²) in [7, 11) is 0. The van der Waals surface area contributed by atoms with Crippen LogP contribution in [0, 0.1) is 0 Å². The van der Waals surface area contributed by atoms with Crippen LogP contribution in [0.4, 0.5) is 16.2 Å². The van der Waals surface area contributed by atoms with Gasteiger partial charge in [-0.1, -0.05) is 12.1 Å². The first-order chi connectivity index (χ1) is 15.2. The van der Waals surface area contributed by atoms with Gasteiger partial charge in [-0.25, -0.2) is 9.48 Å². The Morgan fingerprint density at radius 2 is 1.77 bits per heavy atom. The molecule has 1 atom stereocenters. The highest BCUT2D eigenvalue weighted by Gasteiger charge is 2.16. The van der Waals surface area contributed by atoms with Crippen molar-refractivity contribution >= 4 is 23.3 Å². The Bertz CT molecular complexity index is 995. The second-order valence-electron chi connectivity index (χ2n) is 7.39. The summed E-state index contributed by atoms with van der Waals surface area (Å²) in [6.07, 6.45) is 5.98. The zero-order chi connectivity index (χ0) is 21.5. The summed E-state index contributed by atoms with van der Waals surface area (Å²) < 4.78 is 7.25. The monoisotopic (exact) mass is 419 g/mol. The van der Waals surface area contributed by atoms with E-state index in [4.69, 9.17) is 4.74 Å². The van der Waals surface area contributed by atoms with Crippen LogP contribution >= 0.6 is 0 Å². The summed E-state index contributed by atoms with van der Waals surface area (Å²) in [6, 6.07) is 16.3. The first-order valence-electron chi connectivity index (χ1n) is 10.3. The Kier molecular flexibility index (Phi) is 6.59. The molecule has 1 saturated heterocycles. The molecule has 8 heteroatoms. The van der Waals surface area contributed by atoms with Gasteiger partial charge in [0.05, 0.1) is 18.2 Å². The molecule has 1 unspecified atom stereocenters. The highest BCUT2D eigenvalue weighted by atomic mass is 16.5. The van der Waals surface area contributed by atoms with Crippen LogP contribution in [0.3, 0.4) is 0 Å². The van der Waals surface area contributed by atoms with Gasteiger partial charge in [-0.2, -0.15) is 5.10 Å². The van der Waals surface area contributed by atoms with Crippen LogP contribution in [0.1, 0.15) is 18.4 Å². The normalized spacial score (nSPS) is 15.4. The number of anilines is 2. The highest BCUT2D eigenvalue weighted by molar-refractivity contribution is 5.93. The summed E-state index contributed by atoms with van der Waals surface area (Å²) in [5.41, 5.74) is 3.17. The molecule has 31 heavy (non-hydrogen) atoms. The van der Waals surface area contributed by atoms with Crippen molar-refractivity contribution in [1.29, 1.82) is 0 Å². The number of benzene rings is 2. The maximum atomic E-state index is 12.3. The van der Waals surface area contributed by atoms with E-state index >= 15 is 0 Å². The van der Waals surface area contributed by atoms with Crippen molar-refractivity contribution in [2.24, 2.45) is 0 Å². The van der Waals surface area contributed by atoms with Gasteiger partial charge in [0.1, 0.15) is 0 Å². The summed E-state index contributed by atoms with van der Waals surface area (Å²) in [5, 5.41) is 12.6. The van der Waals surface area contributed by atoms with Crippen LogP contribution in [0.25, 0.3) is 5.69 Å². The Morgan fingerprint density at radius 3 is 2.42 bits per heavy atom. The number of carbonyl (C=O) groups is 2. The van der Waals surface area contributed by atoms with E-state index in [1.54, 1.807) is 35.1 Å². The third-order valence-electron chi connectivity index (χ3n) is 5.01. The van der Waals surface area contributed by atoms with Crippen LogP contribution in [-0.2, 0) is 16.0 Å². The number of nitrogens with one attached hydrogen (secondary N) is 3. The lowest BCUT2D eigenvalue weighted by molar-refractivity contribution is -0.115. The van der Waals surface area contributed by atoms with Crippen LogP contribution in [-0.4, -0.2) is 41.0 Å². The molecule has 0 saturated carbocycles. The number of ether oxygens (including phenoxy) is 1. The van der Waals surface area contributed by atoms with E-state index in [9.17, 15) is 9.59 Å². The fraction of sp³-hybridized carbons (Fsp3) is 0.261. The molecule has 160 valence electrons. The van der Waals surface area contributed by atoms with Crippen molar-refractivity contribution in [1.82, 2.24) is 15.1 Å². The van der Waals surface area contributed by atoms with Gasteiger partial charge >= 0.3 is 6.03 Å². The number of rotatable bonds is 7. The van der Waals surface area contributed by atoms with Crippen molar-refractivity contribution in [2.45, 2.75) is 25.4 Å². The minimum absolute atomic E-state index is 0.102. The number of amides is 3. The van der Waals surface area contributed by atoms with Crippen molar-refractivity contribution in [3.05, 3.63) is 72.6 Å². The van der Waals surface area contributed by atoms with Gasteiger partial charge in [0.25, 0.3) is 0 Å².